The zero-order chi connectivity index (χ0) is 22.1. The number of carbonyl (C=O) groups excluding carboxylic acids is 2. The summed E-state index contributed by atoms with van der Waals surface area (Å²) in [4.78, 5) is 32.3. The number of hydrogen-bond acceptors (Lipinski definition) is 5. The molecule has 32 heavy (non-hydrogen) atoms. The first-order chi connectivity index (χ1) is 15.6. The maximum absolute atomic E-state index is 13.1. The summed E-state index contributed by atoms with van der Waals surface area (Å²) in [6.45, 7) is 7.71. The largest absolute Gasteiger partial charge is 0.494 e. The summed E-state index contributed by atoms with van der Waals surface area (Å²) >= 11 is 0. The Bertz CT molecular complexity index is 983. The number of fused-ring (bicyclic) bond motifs is 2. The molecule has 6 heteroatoms. The maximum Gasteiger partial charge on any atom is 0.234 e. The van der Waals surface area contributed by atoms with Crippen LogP contribution in [0.2, 0.25) is 0 Å². The molecule has 0 aromatic heterocycles. The number of imide groups is 1. The Kier molecular flexibility index (Phi) is 5.98. The predicted octanol–water partition coefficient (Wildman–Crippen LogP) is 2.56. The normalized spacial score (nSPS) is 23.5. The van der Waals surface area contributed by atoms with Crippen LogP contribution in [0.5, 0.6) is 5.75 Å². The van der Waals surface area contributed by atoms with Crippen LogP contribution in [0.3, 0.4) is 0 Å². The van der Waals surface area contributed by atoms with Crippen LogP contribution in [0.25, 0.3) is 0 Å². The number of amides is 2. The van der Waals surface area contributed by atoms with E-state index in [1.165, 1.54) is 16.0 Å². The molecule has 0 spiro atoms. The number of ether oxygens (including phenoxy) is 1. The van der Waals surface area contributed by atoms with Crippen molar-refractivity contribution < 1.29 is 14.3 Å². The van der Waals surface area contributed by atoms with E-state index in [0.717, 1.165) is 37.4 Å². The van der Waals surface area contributed by atoms with Gasteiger partial charge < -0.3 is 4.74 Å². The summed E-state index contributed by atoms with van der Waals surface area (Å²) in [6.07, 6.45) is 1.03. The molecule has 0 aliphatic carbocycles. The van der Waals surface area contributed by atoms with Crippen molar-refractivity contribution >= 4 is 11.8 Å². The third-order valence-electron chi connectivity index (χ3n) is 7.08. The fraction of sp³-hybridized carbons (Fsp3) is 0.462. The summed E-state index contributed by atoms with van der Waals surface area (Å²) in [6, 6.07) is 16.6. The summed E-state index contributed by atoms with van der Waals surface area (Å²) < 4.78 is 5.74. The molecule has 0 radical (unpaired) electrons. The Hall–Kier alpha value is -2.70. The molecule has 2 aromatic rings. The Morgan fingerprint density at radius 1 is 0.875 bits per heavy atom. The van der Waals surface area contributed by atoms with Gasteiger partial charge >= 0.3 is 0 Å². The van der Waals surface area contributed by atoms with Crippen LogP contribution in [0.4, 0.5) is 0 Å². The first kappa shape index (κ1) is 21.2. The van der Waals surface area contributed by atoms with Crippen molar-refractivity contribution in [2.24, 2.45) is 11.8 Å². The van der Waals surface area contributed by atoms with Crippen molar-refractivity contribution in [1.29, 1.82) is 0 Å². The lowest BCUT2D eigenvalue weighted by Gasteiger charge is -2.30. The molecular formula is C26H31N3O3. The summed E-state index contributed by atoms with van der Waals surface area (Å²) in [5, 5.41) is 0. The highest BCUT2D eigenvalue weighted by Gasteiger charge is 2.52. The van der Waals surface area contributed by atoms with Crippen LogP contribution in [0.15, 0.2) is 48.5 Å². The van der Waals surface area contributed by atoms with Crippen LogP contribution >= 0.6 is 0 Å². The van der Waals surface area contributed by atoms with Gasteiger partial charge in [-0.25, -0.2) is 0 Å². The van der Waals surface area contributed by atoms with E-state index in [4.69, 9.17) is 4.74 Å². The van der Waals surface area contributed by atoms with Crippen molar-refractivity contribution in [3.63, 3.8) is 0 Å². The van der Waals surface area contributed by atoms with E-state index < -0.39 is 0 Å². The lowest BCUT2D eigenvalue weighted by molar-refractivity contribution is -0.140. The van der Waals surface area contributed by atoms with Crippen molar-refractivity contribution in [3.05, 3.63) is 65.2 Å². The van der Waals surface area contributed by atoms with Gasteiger partial charge in [0.15, 0.2) is 0 Å². The number of carbonyl (C=O) groups is 2. The third kappa shape index (κ3) is 4.05. The van der Waals surface area contributed by atoms with Crippen LogP contribution in [0.1, 0.15) is 23.6 Å². The van der Waals surface area contributed by atoms with E-state index in [1.54, 1.807) is 0 Å². The Morgan fingerprint density at radius 2 is 1.56 bits per heavy atom. The lowest BCUT2D eigenvalue weighted by atomic mass is 10.00. The molecule has 168 valence electrons. The molecule has 3 aliphatic rings. The van der Waals surface area contributed by atoms with Crippen molar-refractivity contribution in [1.82, 2.24) is 14.7 Å². The SMILES string of the molecule is CCOc1ccccc1CN1C[C@@H]2C(=O)N(CCN3CCc4ccccc4C3)C(=O)[C@@H]2C1. The molecule has 0 N–H and O–H groups in total. The molecule has 3 heterocycles. The monoisotopic (exact) mass is 433 g/mol. The molecule has 2 aromatic carbocycles. The summed E-state index contributed by atoms with van der Waals surface area (Å²) in [5.41, 5.74) is 3.88. The lowest BCUT2D eigenvalue weighted by Crippen LogP contribution is -2.42. The van der Waals surface area contributed by atoms with Gasteiger partial charge in [-0.1, -0.05) is 42.5 Å². The average molecular weight is 434 g/mol. The van der Waals surface area contributed by atoms with Gasteiger partial charge in [0.2, 0.25) is 11.8 Å². The molecular weight excluding hydrogens is 402 g/mol. The van der Waals surface area contributed by atoms with E-state index in [2.05, 4.69) is 40.1 Å². The van der Waals surface area contributed by atoms with Gasteiger partial charge in [0.05, 0.1) is 18.4 Å². The Labute approximate surface area is 189 Å². The zero-order valence-electron chi connectivity index (χ0n) is 18.7. The molecule has 2 atom stereocenters. The van der Waals surface area contributed by atoms with Gasteiger partial charge in [0, 0.05) is 51.4 Å². The fourth-order valence-corrected chi connectivity index (χ4v) is 5.40. The fourth-order valence-electron chi connectivity index (χ4n) is 5.40. The number of nitrogens with zero attached hydrogens (tertiary/aromatic N) is 3. The highest BCUT2D eigenvalue weighted by atomic mass is 16.5. The molecule has 0 saturated carbocycles. The molecule has 0 bridgehead atoms. The number of likely N-dealkylation sites (tertiary alicyclic amines) is 2. The molecule has 0 unspecified atom stereocenters. The smallest absolute Gasteiger partial charge is 0.234 e. The topological polar surface area (TPSA) is 53.1 Å². The molecule has 2 saturated heterocycles. The molecule has 5 rings (SSSR count). The van der Waals surface area contributed by atoms with Gasteiger partial charge in [0.1, 0.15) is 5.75 Å². The van der Waals surface area contributed by atoms with Crippen molar-refractivity contribution in [2.45, 2.75) is 26.4 Å². The standard InChI is InChI=1S/C26H31N3O3/c1-2-32-24-10-6-5-9-21(24)16-28-17-22-23(18-28)26(31)29(25(22)30)14-13-27-12-11-19-7-3-4-8-20(19)15-27/h3-10,22-23H,2,11-18H2,1H3/t22-,23+. The molecule has 2 fully saturated rings. The maximum atomic E-state index is 13.1. The Morgan fingerprint density at radius 3 is 2.31 bits per heavy atom. The second-order valence-corrected chi connectivity index (χ2v) is 9.07. The van der Waals surface area contributed by atoms with E-state index in [1.807, 2.05) is 25.1 Å². The molecule has 6 nitrogen and oxygen atoms in total. The van der Waals surface area contributed by atoms with Crippen LogP contribution in [0, 0.1) is 11.8 Å². The minimum Gasteiger partial charge on any atom is -0.494 e. The van der Waals surface area contributed by atoms with E-state index in [0.29, 0.717) is 32.8 Å². The first-order valence-electron chi connectivity index (χ1n) is 11.7. The van der Waals surface area contributed by atoms with Crippen molar-refractivity contribution in [3.8, 4) is 5.75 Å². The minimum absolute atomic E-state index is 0.0120. The number of hydrogen-bond donors (Lipinski definition) is 0. The average Bonchev–Trinajstić information content (AvgIpc) is 3.32. The van der Waals surface area contributed by atoms with E-state index in [-0.39, 0.29) is 23.7 Å². The zero-order valence-corrected chi connectivity index (χ0v) is 18.7. The number of rotatable bonds is 7. The van der Waals surface area contributed by atoms with Crippen molar-refractivity contribution in [2.75, 3.05) is 39.3 Å². The second-order valence-electron chi connectivity index (χ2n) is 9.07. The minimum atomic E-state index is -0.205. The summed E-state index contributed by atoms with van der Waals surface area (Å²) in [7, 11) is 0. The number of para-hydroxylation sites is 1. The van der Waals surface area contributed by atoms with Crippen LogP contribution < -0.4 is 4.74 Å². The Balaban J connectivity index is 1.17. The van der Waals surface area contributed by atoms with Gasteiger partial charge in [-0.2, -0.15) is 0 Å². The number of benzene rings is 2. The highest BCUT2D eigenvalue weighted by molar-refractivity contribution is 6.05. The highest BCUT2D eigenvalue weighted by Crippen LogP contribution is 2.35. The predicted molar refractivity (Wildman–Crippen MR) is 122 cm³/mol. The van der Waals surface area contributed by atoms with E-state index >= 15 is 0 Å². The molecule has 2 amide bonds. The summed E-state index contributed by atoms with van der Waals surface area (Å²) in [5.74, 6) is 0.498. The van der Waals surface area contributed by atoms with Gasteiger partial charge in [-0.3, -0.25) is 24.3 Å². The third-order valence-corrected chi connectivity index (χ3v) is 7.08. The second kappa shape index (κ2) is 9.04. The van der Waals surface area contributed by atoms with Gasteiger partial charge in [-0.15, -0.1) is 0 Å². The van der Waals surface area contributed by atoms with Gasteiger partial charge in [0.25, 0.3) is 0 Å². The molecule has 3 aliphatic heterocycles. The van der Waals surface area contributed by atoms with Crippen LogP contribution in [-0.4, -0.2) is 65.8 Å². The van der Waals surface area contributed by atoms with E-state index in [9.17, 15) is 9.59 Å². The van der Waals surface area contributed by atoms with Gasteiger partial charge in [-0.05, 0) is 30.5 Å². The first-order valence-corrected chi connectivity index (χ1v) is 11.7. The van der Waals surface area contributed by atoms with Crippen LogP contribution in [-0.2, 0) is 29.1 Å². The quantitative estimate of drug-likeness (QED) is 0.629.